The number of pyridine rings is 2. The van der Waals surface area contributed by atoms with Crippen LogP contribution in [0, 0.1) is 0 Å². The zero-order valence-corrected chi connectivity index (χ0v) is 24.1. The molecule has 0 saturated carbocycles. The number of methoxy groups -OCH3 is 2. The van der Waals surface area contributed by atoms with Gasteiger partial charge in [-0.05, 0) is 25.0 Å². The summed E-state index contributed by atoms with van der Waals surface area (Å²) in [5, 5.41) is 15.0. The Morgan fingerprint density at radius 1 is 0.780 bits per heavy atom. The fourth-order valence-corrected chi connectivity index (χ4v) is 4.24. The molecule has 2 heterocycles. The van der Waals surface area contributed by atoms with Gasteiger partial charge < -0.3 is 15.2 Å². The van der Waals surface area contributed by atoms with Gasteiger partial charge in [0, 0.05) is 61.9 Å². The molecule has 9 nitrogen and oxygen atoms in total. The van der Waals surface area contributed by atoms with E-state index in [0.29, 0.717) is 22.9 Å². The van der Waals surface area contributed by atoms with Crippen molar-refractivity contribution >= 4 is 29.0 Å². The number of para-hydroxylation sites is 1. The number of hydrogen-bond donors (Lipinski definition) is 1. The van der Waals surface area contributed by atoms with Crippen molar-refractivity contribution in [1.29, 1.82) is 0 Å². The zero-order chi connectivity index (χ0) is 28.9. The molecule has 0 unspecified atom stereocenters. The molecule has 0 aliphatic heterocycles. The van der Waals surface area contributed by atoms with Crippen LogP contribution in [0.4, 0.5) is 22.7 Å². The van der Waals surface area contributed by atoms with Crippen LogP contribution in [0.25, 0.3) is 0 Å². The lowest BCUT2D eigenvalue weighted by Crippen LogP contribution is -2.33. The van der Waals surface area contributed by atoms with Crippen molar-refractivity contribution in [2.45, 2.75) is 38.8 Å². The summed E-state index contributed by atoms with van der Waals surface area (Å²) in [5.41, 5.74) is 9.95. The summed E-state index contributed by atoms with van der Waals surface area (Å²) in [6, 6.07) is 21.7. The maximum absolute atomic E-state index is 6.13. The molecule has 2 aromatic heterocycles. The lowest BCUT2D eigenvalue weighted by Gasteiger charge is -2.11. The topological polar surface area (TPSA) is 92.6 Å². The largest absolute Gasteiger partial charge is 0.497 e. The van der Waals surface area contributed by atoms with Crippen molar-refractivity contribution in [3.63, 3.8) is 0 Å². The van der Waals surface area contributed by atoms with E-state index < -0.39 is 0 Å². The number of unbranched alkanes of at least 4 members (excludes halogenated alkanes) is 3. The first-order valence-corrected chi connectivity index (χ1v) is 13.8. The third-order valence-corrected chi connectivity index (χ3v) is 6.71. The molecule has 4 aromatic rings. The van der Waals surface area contributed by atoms with Gasteiger partial charge in [-0.1, -0.05) is 18.2 Å². The van der Waals surface area contributed by atoms with Gasteiger partial charge in [-0.2, -0.15) is 10.2 Å². The number of ether oxygens (including phenoxy) is 2. The highest BCUT2D eigenvalue weighted by atomic mass is 16.5. The Balaban J connectivity index is 1.15. The number of anilines is 2. The summed E-state index contributed by atoms with van der Waals surface area (Å²) < 4.78 is 15.0. The average Bonchev–Trinajstić information content (AvgIpc) is 3.02. The maximum Gasteiger partial charge on any atom is 0.171 e. The predicted molar refractivity (Wildman–Crippen MR) is 162 cm³/mol. The summed E-state index contributed by atoms with van der Waals surface area (Å²) >= 11 is 0. The Morgan fingerprint density at radius 3 is 2.02 bits per heavy atom. The average molecular weight is 554 g/mol. The molecule has 41 heavy (non-hydrogen) atoms. The van der Waals surface area contributed by atoms with Gasteiger partial charge in [0.2, 0.25) is 0 Å². The van der Waals surface area contributed by atoms with Gasteiger partial charge in [0.05, 0.1) is 31.8 Å². The number of nitrogens with two attached hydrogens (primary N) is 1. The van der Waals surface area contributed by atoms with Crippen molar-refractivity contribution in [3.8, 4) is 11.5 Å². The second-order valence-corrected chi connectivity index (χ2v) is 9.64. The Hall–Kier alpha value is -4.79. The minimum Gasteiger partial charge on any atom is -0.497 e. The number of benzene rings is 2. The molecule has 0 atom stereocenters. The van der Waals surface area contributed by atoms with Gasteiger partial charge in [0.25, 0.3) is 0 Å². The van der Waals surface area contributed by atoms with Crippen molar-refractivity contribution in [2.24, 2.45) is 15.3 Å². The molecule has 0 fully saturated rings. The van der Waals surface area contributed by atoms with Gasteiger partial charge in [-0.3, -0.25) is 5.01 Å². The zero-order valence-electron chi connectivity index (χ0n) is 24.1. The van der Waals surface area contributed by atoms with Gasteiger partial charge in [0.15, 0.2) is 24.8 Å². The molecule has 0 bridgehead atoms. The van der Waals surface area contributed by atoms with Crippen LogP contribution in [-0.4, -0.2) is 27.5 Å². The Labute approximate surface area is 242 Å². The summed E-state index contributed by atoms with van der Waals surface area (Å²) in [5.74, 6) is 1.12. The summed E-state index contributed by atoms with van der Waals surface area (Å²) in [6.07, 6.45) is 14.8. The third-order valence-electron chi connectivity index (χ3n) is 6.71. The van der Waals surface area contributed by atoms with Crippen molar-refractivity contribution in [2.75, 3.05) is 32.0 Å². The normalized spacial score (nSPS) is 11.3. The summed E-state index contributed by atoms with van der Waals surface area (Å²) in [7, 11) is 5.10. The monoisotopic (exact) mass is 553 g/mol. The lowest BCUT2D eigenvalue weighted by atomic mass is 10.2. The second kappa shape index (κ2) is 15.1. The molecule has 0 spiro atoms. The van der Waals surface area contributed by atoms with Crippen LogP contribution in [0.5, 0.6) is 11.5 Å². The number of nitrogen functional groups attached to an aromatic ring is 1. The number of hydrogen-bond acceptors (Lipinski definition) is 7. The first-order valence-electron chi connectivity index (χ1n) is 13.8. The SMILES string of the molecule is COc1cc(N=Nc2cc[n+](CCCCCC[n+]3ccc(C=NN(C)c4ccccc4)cc3)cc2)c(N)c(OC)c1. The first-order chi connectivity index (χ1) is 20.1. The Bertz CT molecular complexity index is 1420. The van der Waals surface area contributed by atoms with Crippen LogP contribution in [0.1, 0.15) is 31.2 Å². The highest BCUT2D eigenvalue weighted by Gasteiger charge is 2.09. The van der Waals surface area contributed by atoms with Crippen LogP contribution in [0.15, 0.2) is 107 Å². The van der Waals surface area contributed by atoms with E-state index >= 15 is 0 Å². The molecule has 9 heteroatoms. The van der Waals surface area contributed by atoms with Crippen LogP contribution >= 0.6 is 0 Å². The molecule has 0 radical (unpaired) electrons. The van der Waals surface area contributed by atoms with E-state index in [4.69, 9.17) is 15.2 Å². The molecular formula is C32H39N7O2+2. The highest BCUT2D eigenvalue weighted by Crippen LogP contribution is 2.37. The number of rotatable bonds is 14. The van der Waals surface area contributed by atoms with E-state index in [0.717, 1.165) is 42.9 Å². The minimum atomic E-state index is 0.426. The van der Waals surface area contributed by atoms with Crippen molar-refractivity contribution in [1.82, 2.24) is 0 Å². The molecule has 0 amide bonds. The molecule has 2 aromatic carbocycles. The highest BCUT2D eigenvalue weighted by molar-refractivity contribution is 5.79. The smallest absolute Gasteiger partial charge is 0.171 e. The molecule has 2 N–H and O–H groups in total. The molecule has 4 rings (SSSR count). The number of aromatic nitrogens is 2. The molecule has 0 aliphatic rings. The maximum atomic E-state index is 6.13. The fourth-order valence-electron chi connectivity index (χ4n) is 4.24. The van der Waals surface area contributed by atoms with Crippen molar-refractivity contribution < 1.29 is 18.6 Å². The molecule has 0 aliphatic carbocycles. The second-order valence-electron chi connectivity index (χ2n) is 9.64. The first kappa shape index (κ1) is 29.2. The molecule has 0 saturated heterocycles. The van der Waals surface area contributed by atoms with Gasteiger partial charge in [-0.15, -0.1) is 5.11 Å². The van der Waals surface area contributed by atoms with Gasteiger partial charge in [-0.25, -0.2) is 9.13 Å². The van der Waals surface area contributed by atoms with E-state index in [2.05, 4.69) is 49.0 Å². The Morgan fingerprint density at radius 2 is 1.41 bits per heavy atom. The van der Waals surface area contributed by atoms with Crippen LogP contribution < -0.4 is 29.4 Å². The number of aryl methyl sites for hydroxylation is 2. The minimum absolute atomic E-state index is 0.426. The van der Waals surface area contributed by atoms with Crippen molar-refractivity contribution in [3.05, 3.63) is 97.1 Å². The van der Waals surface area contributed by atoms with Gasteiger partial charge >= 0.3 is 0 Å². The standard InChI is InChI=1S/C32H38N7O2/c1-37(28-11-7-6-8-12-28)34-25-26-13-19-38(20-14-26)17-9-4-5-10-18-39-21-15-27(16-22-39)35-36-30-23-29(40-2)24-31(41-3)32(30)33/h6-8,11-16,19-25,33H,4-5,9-10,17-18H2,1-3H3/q+1/p+1. The predicted octanol–water partition coefficient (Wildman–Crippen LogP) is 6.01. The van der Waals surface area contributed by atoms with E-state index in [1.165, 1.54) is 12.8 Å². The van der Waals surface area contributed by atoms with Crippen LogP contribution in [0.3, 0.4) is 0 Å². The summed E-state index contributed by atoms with van der Waals surface area (Å²) in [4.78, 5) is 0. The molecule has 212 valence electrons. The van der Waals surface area contributed by atoms with E-state index in [1.807, 2.05) is 73.1 Å². The fraction of sp³-hybridized carbons (Fsp3) is 0.281. The van der Waals surface area contributed by atoms with E-state index in [1.54, 1.807) is 26.4 Å². The lowest BCUT2D eigenvalue weighted by molar-refractivity contribution is -0.698. The van der Waals surface area contributed by atoms with Crippen LogP contribution in [0.2, 0.25) is 0 Å². The van der Waals surface area contributed by atoms with Gasteiger partial charge in [0.1, 0.15) is 36.0 Å². The van der Waals surface area contributed by atoms with E-state index in [-0.39, 0.29) is 0 Å². The quantitative estimate of drug-likeness (QED) is 0.0517. The van der Waals surface area contributed by atoms with E-state index in [9.17, 15) is 0 Å². The third kappa shape index (κ3) is 8.86. The number of nitrogens with zero attached hydrogens (tertiary/aromatic N) is 6. The number of azo groups is 1. The summed E-state index contributed by atoms with van der Waals surface area (Å²) in [6.45, 7) is 1.98. The number of hydrazone groups is 1. The Kier molecular flexibility index (Phi) is 10.8. The van der Waals surface area contributed by atoms with Crippen LogP contribution in [-0.2, 0) is 13.1 Å². The molecular weight excluding hydrogens is 514 g/mol.